The van der Waals surface area contributed by atoms with E-state index in [1.165, 1.54) is 5.56 Å². The van der Waals surface area contributed by atoms with Crippen molar-refractivity contribution in [1.29, 1.82) is 0 Å². The Kier molecular flexibility index (Phi) is 5.12. The van der Waals surface area contributed by atoms with Gasteiger partial charge in [-0.15, -0.1) is 0 Å². The minimum atomic E-state index is 0.0301. The highest BCUT2D eigenvalue weighted by molar-refractivity contribution is 5.26. The predicted molar refractivity (Wildman–Crippen MR) is 86.3 cm³/mol. The third-order valence-corrected chi connectivity index (χ3v) is 4.22. The van der Waals surface area contributed by atoms with E-state index in [0.717, 1.165) is 25.2 Å². The third-order valence-electron chi connectivity index (χ3n) is 4.22. The van der Waals surface area contributed by atoms with Crippen molar-refractivity contribution in [1.82, 2.24) is 20.1 Å². The average molecular weight is 286 g/mol. The largest absolute Gasteiger partial charge is 0.313 e. The maximum Gasteiger partial charge on any atom is 0.138 e. The van der Waals surface area contributed by atoms with Crippen molar-refractivity contribution in [3.63, 3.8) is 0 Å². The van der Waals surface area contributed by atoms with Gasteiger partial charge in [0.05, 0.1) is 0 Å². The molecule has 0 spiro atoms. The van der Waals surface area contributed by atoms with Gasteiger partial charge in [-0.2, -0.15) is 5.10 Å². The molecule has 0 fully saturated rings. The lowest BCUT2D eigenvalue weighted by molar-refractivity contribution is 0.330. The summed E-state index contributed by atoms with van der Waals surface area (Å²) < 4.78 is 1.86. The zero-order valence-corrected chi connectivity index (χ0v) is 13.5. The molecule has 1 atom stereocenters. The molecule has 114 valence electrons. The summed E-state index contributed by atoms with van der Waals surface area (Å²) in [5.74, 6) is 1.02. The van der Waals surface area contributed by atoms with E-state index in [1.54, 1.807) is 6.33 Å². The van der Waals surface area contributed by atoms with Crippen LogP contribution in [0.4, 0.5) is 0 Å². The van der Waals surface area contributed by atoms with E-state index in [2.05, 4.69) is 66.5 Å². The molecule has 0 aliphatic heterocycles. The van der Waals surface area contributed by atoms with E-state index in [0.29, 0.717) is 6.04 Å². The SMILES string of the molecule is CCCNC(Cc1ncnn1C)C(C)(C)c1ccccc1. The van der Waals surface area contributed by atoms with Crippen LogP contribution in [-0.2, 0) is 18.9 Å². The first-order valence-corrected chi connectivity index (χ1v) is 7.67. The van der Waals surface area contributed by atoms with Crippen LogP contribution in [0.3, 0.4) is 0 Å². The number of aryl methyl sites for hydroxylation is 1. The van der Waals surface area contributed by atoms with Crippen molar-refractivity contribution in [3.05, 3.63) is 48.0 Å². The van der Waals surface area contributed by atoms with E-state index in [1.807, 2.05) is 11.7 Å². The second kappa shape index (κ2) is 6.85. The Bertz CT molecular complexity index is 545. The monoisotopic (exact) mass is 286 g/mol. The Morgan fingerprint density at radius 2 is 1.95 bits per heavy atom. The molecule has 1 aromatic heterocycles. The Morgan fingerprint density at radius 1 is 1.24 bits per heavy atom. The molecule has 0 bridgehead atoms. The van der Waals surface area contributed by atoms with Gasteiger partial charge in [0.25, 0.3) is 0 Å². The van der Waals surface area contributed by atoms with E-state index < -0.39 is 0 Å². The molecule has 1 unspecified atom stereocenters. The van der Waals surface area contributed by atoms with Crippen molar-refractivity contribution in [3.8, 4) is 0 Å². The summed E-state index contributed by atoms with van der Waals surface area (Å²) in [5.41, 5.74) is 1.38. The topological polar surface area (TPSA) is 42.7 Å². The summed E-state index contributed by atoms with van der Waals surface area (Å²) in [6.07, 6.45) is 3.63. The van der Waals surface area contributed by atoms with E-state index in [4.69, 9.17) is 0 Å². The molecule has 4 heteroatoms. The molecule has 4 nitrogen and oxygen atoms in total. The number of nitrogens with one attached hydrogen (secondary N) is 1. The van der Waals surface area contributed by atoms with Crippen molar-refractivity contribution in [2.75, 3.05) is 6.54 Å². The minimum Gasteiger partial charge on any atom is -0.313 e. The molecule has 2 rings (SSSR count). The van der Waals surface area contributed by atoms with E-state index in [9.17, 15) is 0 Å². The normalized spacial score (nSPS) is 13.3. The Labute approximate surface area is 127 Å². The number of rotatable bonds is 7. The Balaban J connectivity index is 2.24. The van der Waals surface area contributed by atoms with Gasteiger partial charge < -0.3 is 5.32 Å². The van der Waals surface area contributed by atoms with Crippen LogP contribution < -0.4 is 5.32 Å². The molecule has 0 aliphatic carbocycles. The Hall–Kier alpha value is -1.68. The number of benzene rings is 1. The van der Waals surface area contributed by atoms with Crippen molar-refractivity contribution < 1.29 is 0 Å². The molecule has 2 aromatic rings. The maximum atomic E-state index is 4.38. The van der Waals surface area contributed by atoms with Gasteiger partial charge >= 0.3 is 0 Å². The molecule has 0 saturated carbocycles. The highest BCUT2D eigenvalue weighted by Gasteiger charge is 2.31. The van der Waals surface area contributed by atoms with Crippen LogP contribution in [0.15, 0.2) is 36.7 Å². The van der Waals surface area contributed by atoms with Crippen molar-refractivity contribution in [2.24, 2.45) is 7.05 Å². The second-order valence-electron chi connectivity index (χ2n) is 6.10. The summed E-state index contributed by atoms with van der Waals surface area (Å²) in [4.78, 5) is 4.38. The smallest absolute Gasteiger partial charge is 0.138 e. The first-order chi connectivity index (χ1) is 10.1. The van der Waals surface area contributed by atoms with Gasteiger partial charge in [0.15, 0.2) is 0 Å². The minimum absolute atomic E-state index is 0.0301. The highest BCUT2D eigenvalue weighted by atomic mass is 15.3. The molecule has 0 radical (unpaired) electrons. The molecule has 0 amide bonds. The van der Waals surface area contributed by atoms with Gasteiger partial charge in [0.2, 0.25) is 0 Å². The quantitative estimate of drug-likeness (QED) is 0.851. The number of hydrogen-bond donors (Lipinski definition) is 1. The van der Waals surface area contributed by atoms with Crippen LogP contribution in [0.25, 0.3) is 0 Å². The number of nitrogens with zero attached hydrogens (tertiary/aromatic N) is 3. The number of hydrogen-bond acceptors (Lipinski definition) is 3. The van der Waals surface area contributed by atoms with E-state index >= 15 is 0 Å². The molecule has 21 heavy (non-hydrogen) atoms. The van der Waals surface area contributed by atoms with Crippen LogP contribution in [-0.4, -0.2) is 27.4 Å². The standard InChI is InChI=1S/C17H26N4/c1-5-11-18-15(12-16-19-13-20-21(16)4)17(2,3)14-9-7-6-8-10-14/h6-10,13,15,18H,5,11-12H2,1-4H3. The van der Waals surface area contributed by atoms with Crippen LogP contribution in [0.5, 0.6) is 0 Å². The lowest BCUT2D eigenvalue weighted by Crippen LogP contribution is -2.47. The average Bonchev–Trinajstić information content (AvgIpc) is 2.89. The molecular formula is C17H26N4. The van der Waals surface area contributed by atoms with Crippen LogP contribution in [0, 0.1) is 0 Å². The van der Waals surface area contributed by atoms with Crippen LogP contribution in [0.1, 0.15) is 38.6 Å². The maximum absolute atomic E-state index is 4.38. The summed E-state index contributed by atoms with van der Waals surface area (Å²) in [6.45, 7) is 7.80. The fourth-order valence-electron chi connectivity index (χ4n) is 2.66. The summed E-state index contributed by atoms with van der Waals surface area (Å²) >= 11 is 0. The predicted octanol–water partition coefficient (Wildman–Crippen LogP) is 2.70. The third kappa shape index (κ3) is 3.70. The van der Waals surface area contributed by atoms with Crippen molar-refractivity contribution in [2.45, 2.75) is 45.1 Å². The van der Waals surface area contributed by atoms with Gasteiger partial charge in [-0.1, -0.05) is 51.1 Å². The van der Waals surface area contributed by atoms with Gasteiger partial charge in [0, 0.05) is 24.9 Å². The van der Waals surface area contributed by atoms with Gasteiger partial charge in [-0.25, -0.2) is 4.98 Å². The van der Waals surface area contributed by atoms with Gasteiger partial charge in [0.1, 0.15) is 12.2 Å². The lowest BCUT2D eigenvalue weighted by atomic mass is 9.76. The molecule has 1 heterocycles. The molecule has 1 N–H and O–H groups in total. The lowest BCUT2D eigenvalue weighted by Gasteiger charge is -2.35. The van der Waals surface area contributed by atoms with Crippen LogP contribution >= 0.6 is 0 Å². The Morgan fingerprint density at radius 3 is 2.52 bits per heavy atom. The van der Waals surface area contributed by atoms with Crippen LogP contribution in [0.2, 0.25) is 0 Å². The van der Waals surface area contributed by atoms with Gasteiger partial charge in [-0.05, 0) is 18.5 Å². The van der Waals surface area contributed by atoms with E-state index in [-0.39, 0.29) is 5.41 Å². The number of aromatic nitrogens is 3. The molecule has 0 saturated heterocycles. The summed E-state index contributed by atoms with van der Waals surface area (Å²) in [5, 5.41) is 7.88. The fraction of sp³-hybridized carbons (Fsp3) is 0.529. The molecule has 0 aliphatic rings. The highest BCUT2D eigenvalue weighted by Crippen LogP contribution is 2.28. The van der Waals surface area contributed by atoms with Crippen molar-refractivity contribution >= 4 is 0 Å². The summed E-state index contributed by atoms with van der Waals surface area (Å²) in [7, 11) is 1.95. The second-order valence-corrected chi connectivity index (χ2v) is 6.10. The fourth-order valence-corrected chi connectivity index (χ4v) is 2.66. The molecular weight excluding hydrogens is 260 g/mol. The first-order valence-electron chi connectivity index (χ1n) is 7.67. The summed E-state index contributed by atoms with van der Waals surface area (Å²) in [6, 6.07) is 11.0. The molecule has 1 aromatic carbocycles. The first kappa shape index (κ1) is 15.7. The zero-order valence-electron chi connectivity index (χ0n) is 13.5. The van der Waals surface area contributed by atoms with Gasteiger partial charge in [-0.3, -0.25) is 4.68 Å². The zero-order chi connectivity index (χ0) is 15.3.